The highest BCUT2D eigenvalue weighted by Crippen LogP contribution is 2.36. The molecule has 0 aliphatic rings. The highest BCUT2D eigenvalue weighted by molar-refractivity contribution is 7.14. The summed E-state index contributed by atoms with van der Waals surface area (Å²) in [6.07, 6.45) is 0.241. The van der Waals surface area contributed by atoms with Gasteiger partial charge in [-0.3, -0.25) is 4.79 Å². The van der Waals surface area contributed by atoms with Crippen molar-refractivity contribution >= 4 is 22.4 Å². The van der Waals surface area contributed by atoms with Crippen molar-refractivity contribution in [3.63, 3.8) is 0 Å². The first-order valence-corrected chi connectivity index (χ1v) is 8.21. The summed E-state index contributed by atoms with van der Waals surface area (Å²) < 4.78 is 58.4. The number of nitrogens with one attached hydrogen (secondary N) is 2. The smallest absolute Gasteiger partial charge is 0.387 e. The molecule has 0 bridgehead atoms. The quantitative estimate of drug-likeness (QED) is 0.638. The van der Waals surface area contributed by atoms with Crippen molar-refractivity contribution < 1.29 is 31.8 Å². The Morgan fingerprint density at radius 1 is 1.23 bits per heavy atom. The van der Waals surface area contributed by atoms with Gasteiger partial charge in [0.05, 0.1) is 5.69 Å². The number of nitrogens with zero attached hydrogens (tertiary/aromatic N) is 1. The lowest BCUT2D eigenvalue weighted by atomic mass is 10.1. The van der Waals surface area contributed by atoms with Crippen LogP contribution in [0.4, 0.5) is 22.7 Å². The SMILES string of the molecule is CNCCC(=O)Nc1nc(-c2ccc(OC(F)F)cc2OC(F)F)cs1. The van der Waals surface area contributed by atoms with E-state index in [9.17, 15) is 22.4 Å². The number of halogens is 4. The molecule has 6 nitrogen and oxygen atoms in total. The first-order valence-electron chi connectivity index (χ1n) is 7.33. The Hall–Kier alpha value is -2.40. The van der Waals surface area contributed by atoms with Crippen LogP contribution in [0.15, 0.2) is 23.6 Å². The van der Waals surface area contributed by atoms with Crippen molar-refractivity contribution in [1.82, 2.24) is 10.3 Å². The highest BCUT2D eigenvalue weighted by atomic mass is 32.1. The molecule has 1 amide bonds. The Kier molecular flexibility index (Phi) is 7.16. The lowest BCUT2D eigenvalue weighted by Crippen LogP contribution is -2.18. The number of carbonyl (C=O) groups excluding carboxylic acids is 1. The number of aromatic nitrogens is 1. The number of benzene rings is 1. The molecule has 0 unspecified atom stereocenters. The van der Waals surface area contributed by atoms with Crippen molar-refractivity contribution in [1.29, 1.82) is 0 Å². The molecule has 1 aromatic carbocycles. The van der Waals surface area contributed by atoms with Gasteiger partial charge in [-0.25, -0.2) is 4.98 Å². The van der Waals surface area contributed by atoms with Gasteiger partial charge in [-0.2, -0.15) is 17.6 Å². The monoisotopic (exact) mass is 393 g/mol. The Bertz CT molecular complexity index is 743. The molecule has 26 heavy (non-hydrogen) atoms. The third-order valence-corrected chi connectivity index (χ3v) is 3.78. The molecular weight excluding hydrogens is 378 g/mol. The van der Waals surface area contributed by atoms with E-state index in [-0.39, 0.29) is 40.2 Å². The summed E-state index contributed by atoms with van der Waals surface area (Å²) >= 11 is 1.09. The average molecular weight is 393 g/mol. The van der Waals surface area contributed by atoms with Gasteiger partial charge in [0, 0.05) is 30.0 Å². The molecule has 1 heterocycles. The largest absolute Gasteiger partial charge is 0.435 e. The standard InChI is InChI=1S/C15H15F4N3O3S/c1-20-5-4-12(23)22-15-21-10(7-26-15)9-3-2-8(24-13(16)17)6-11(9)25-14(18)19/h2-3,6-7,13-14,20H,4-5H2,1H3,(H,21,22,23). The second kappa shape index (κ2) is 9.34. The molecular formula is C15H15F4N3O3S. The van der Waals surface area contributed by atoms with Crippen LogP contribution >= 0.6 is 11.3 Å². The maximum absolute atomic E-state index is 12.6. The van der Waals surface area contributed by atoms with Gasteiger partial charge >= 0.3 is 13.2 Å². The molecule has 0 fully saturated rings. The maximum atomic E-state index is 12.6. The molecule has 0 aliphatic heterocycles. The molecule has 2 rings (SSSR count). The predicted octanol–water partition coefficient (Wildman–Crippen LogP) is 3.56. The summed E-state index contributed by atoms with van der Waals surface area (Å²) in [6.45, 7) is -5.77. The van der Waals surface area contributed by atoms with Crippen LogP contribution < -0.4 is 20.1 Å². The average Bonchev–Trinajstić information content (AvgIpc) is 3.00. The topological polar surface area (TPSA) is 72.5 Å². The van der Waals surface area contributed by atoms with Gasteiger partial charge in [0.1, 0.15) is 11.5 Å². The summed E-state index contributed by atoms with van der Waals surface area (Å²) in [7, 11) is 1.71. The first kappa shape index (κ1) is 19.9. The van der Waals surface area contributed by atoms with E-state index in [0.29, 0.717) is 6.54 Å². The van der Waals surface area contributed by atoms with Crippen LogP contribution in [0, 0.1) is 0 Å². The number of amides is 1. The number of thiazole rings is 1. The van der Waals surface area contributed by atoms with Crippen LogP contribution in [0.3, 0.4) is 0 Å². The maximum Gasteiger partial charge on any atom is 0.387 e. The molecule has 142 valence electrons. The zero-order valence-electron chi connectivity index (χ0n) is 13.5. The fourth-order valence-electron chi connectivity index (χ4n) is 1.96. The minimum absolute atomic E-state index is 0.152. The minimum atomic E-state index is -3.16. The van der Waals surface area contributed by atoms with Crippen molar-refractivity contribution in [2.45, 2.75) is 19.6 Å². The second-order valence-electron chi connectivity index (χ2n) is 4.85. The molecule has 1 aromatic heterocycles. The van der Waals surface area contributed by atoms with Gasteiger partial charge in [-0.1, -0.05) is 0 Å². The number of hydrogen-bond donors (Lipinski definition) is 2. The van der Waals surface area contributed by atoms with Crippen LogP contribution in [-0.2, 0) is 4.79 Å². The molecule has 0 saturated carbocycles. The third kappa shape index (κ3) is 5.85. The van der Waals surface area contributed by atoms with Crippen molar-refractivity contribution in [3.05, 3.63) is 23.6 Å². The minimum Gasteiger partial charge on any atom is -0.435 e. The number of carbonyl (C=O) groups is 1. The Labute approximate surface area is 150 Å². The Balaban J connectivity index is 2.22. The van der Waals surface area contributed by atoms with E-state index in [2.05, 4.69) is 25.1 Å². The fraction of sp³-hybridized carbons (Fsp3) is 0.333. The first-order chi connectivity index (χ1) is 12.4. The van der Waals surface area contributed by atoms with Gasteiger partial charge in [0.25, 0.3) is 0 Å². The summed E-state index contributed by atoms with van der Waals surface area (Å²) in [6, 6.07) is 3.39. The molecule has 2 aromatic rings. The van der Waals surface area contributed by atoms with Crippen LogP contribution in [-0.4, -0.2) is 37.7 Å². The van der Waals surface area contributed by atoms with Gasteiger partial charge in [-0.05, 0) is 19.2 Å². The molecule has 0 aliphatic carbocycles. The van der Waals surface area contributed by atoms with Gasteiger partial charge in [0.2, 0.25) is 5.91 Å². The van der Waals surface area contributed by atoms with Crippen molar-refractivity contribution in [2.75, 3.05) is 18.9 Å². The number of rotatable bonds is 9. The van der Waals surface area contributed by atoms with E-state index in [1.165, 1.54) is 17.5 Å². The van der Waals surface area contributed by atoms with Crippen LogP contribution in [0.5, 0.6) is 11.5 Å². The summed E-state index contributed by atoms with van der Waals surface area (Å²) in [4.78, 5) is 15.8. The molecule has 11 heteroatoms. The van der Waals surface area contributed by atoms with Crippen molar-refractivity contribution in [2.24, 2.45) is 0 Å². The zero-order chi connectivity index (χ0) is 19.1. The van der Waals surface area contributed by atoms with Crippen molar-refractivity contribution in [3.8, 4) is 22.8 Å². The molecule has 0 atom stereocenters. The van der Waals surface area contributed by atoms with E-state index in [1.807, 2.05) is 0 Å². The number of ether oxygens (including phenoxy) is 2. The van der Waals surface area contributed by atoms with E-state index < -0.39 is 13.2 Å². The second-order valence-corrected chi connectivity index (χ2v) is 5.71. The summed E-state index contributed by atoms with van der Waals surface area (Å²) in [5.41, 5.74) is 0.400. The molecule has 2 N–H and O–H groups in total. The number of hydrogen-bond acceptors (Lipinski definition) is 6. The van der Waals surface area contributed by atoms with Crippen LogP contribution in [0.1, 0.15) is 6.42 Å². The lowest BCUT2D eigenvalue weighted by Gasteiger charge is -2.12. The number of alkyl halides is 4. The van der Waals surface area contributed by atoms with E-state index in [0.717, 1.165) is 17.4 Å². The normalized spacial score (nSPS) is 11.0. The fourth-order valence-corrected chi connectivity index (χ4v) is 2.69. The molecule has 0 radical (unpaired) electrons. The van der Waals surface area contributed by atoms with Crippen LogP contribution in [0.25, 0.3) is 11.3 Å². The van der Waals surface area contributed by atoms with Gasteiger partial charge in [0.15, 0.2) is 5.13 Å². The third-order valence-electron chi connectivity index (χ3n) is 3.02. The van der Waals surface area contributed by atoms with E-state index in [1.54, 1.807) is 7.05 Å². The summed E-state index contributed by atoms with van der Waals surface area (Å²) in [5, 5.41) is 7.21. The van der Waals surface area contributed by atoms with Gasteiger partial charge in [-0.15, -0.1) is 11.3 Å². The zero-order valence-corrected chi connectivity index (χ0v) is 14.3. The predicted molar refractivity (Wildman–Crippen MR) is 88.0 cm³/mol. The molecule has 0 spiro atoms. The highest BCUT2D eigenvalue weighted by Gasteiger charge is 2.17. The lowest BCUT2D eigenvalue weighted by molar-refractivity contribution is -0.116. The Morgan fingerprint density at radius 2 is 1.96 bits per heavy atom. The van der Waals surface area contributed by atoms with Crippen LogP contribution in [0.2, 0.25) is 0 Å². The van der Waals surface area contributed by atoms with E-state index in [4.69, 9.17) is 0 Å². The Morgan fingerprint density at radius 3 is 2.62 bits per heavy atom. The van der Waals surface area contributed by atoms with Gasteiger partial charge < -0.3 is 20.1 Å². The van der Waals surface area contributed by atoms with E-state index >= 15 is 0 Å². The summed E-state index contributed by atoms with van der Waals surface area (Å²) in [5.74, 6) is -0.947. The number of anilines is 1. The molecule has 0 saturated heterocycles.